The van der Waals surface area contributed by atoms with Crippen molar-refractivity contribution in [1.29, 1.82) is 0 Å². The van der Waals surface area contributed by atoms with E-state index < -0.39 is 23.7 Å². The second-order valence-corrected chi connectivity index (χ2v) is 6.21. The molecular weight excluding hydrogens is 313 g/mol. The zero-order chi connectivity index (χ0) is 18.0. The predicted octanol–water partition coefficient (Wildman–Crippen LogP) is 2.61. The highest BCUT2D eigenvalue weighted by molar-refractivity contribution is 6.05. The van der Waals surface area contributed by atoms with E-state index >= 15 is 0 Å². The van der Waals surface area contributed by atoms with Gasteiger partial charge in [-0.1, -0.05) is 13.8 Å². The molecule has 0 spiro atoms. The number of aromatic nitrogens is 2. The highest BCUT2D eigenvalue weighted by Gasteiger charge is 2.24. The molecule has 1 atom stereocenters. The summed E-state index contributed by atoms with van der Waals surface area (Å²) in [5.41, 5.74) is 1.77. The summed E-state index contributed by atoms with van der Waals surface area (Å²) < 4.78 is 13.8. The SMILES string of the molecule is Cc1nc2cc(F)cc(C(=O)N[C@H](CC(C)C)C(=O)O)c2nc1C. The largest absolute Gasteiger partial charge is 0.480 e. The van der Waals surface area contributed by atoms with E-state index in [2.05, 4.69) is 15.3 Å². The lowest BCUT2D eigenvalue weighted by molar-refractivity contribution is -0.139. The molecule has 1 heterocycles. The summed E-state index contributed by atoms with van der Waals surface area (Å²) in [4.78, 5) is 32.4. The molecule has 0 unspecified atom stereocenters. The van der Waals surface area contributed by atoms with Crippen LogP contribution in [-0.4, -0.2) is 33.0 Å². The smallest absolute Gasteiger partial charge is 0.326 e. The number of rotatable bonds is 5. The Morgan fingerprint density at radius 2 is 1.83 bits per heavy atom. The highest BCUT2D eigenvalue weighted by Crippen LogP contribution is 2.19. The number of hydrogen-bond donors (Lipinski definition) is 2. The number of carboxylic acids is 1. The summed E-state index contributed by atoms with van der Waals surface area (Å²) in [7, 11) is 0. The van der Waals surface area contributed by atoms with Crippen LogP contribution in [0.15, 0.2) is 12.1 Å². The molecule has 24 heavy (non-hydrogen) atoms. The number of fused-ring (bicyclic) bond motifs is 1. The molecular formula is C17H20FN3O3. The minimum Gasteiger partial charge on any atom is -0.480 e. The van der Waals surface area contributed by atoms with Crippen LogP contribution in [0.1, 0.15) is 42.0 Å². The lowest BCUT2D eigenvalue weighted by Gasteiger charge is -2.17. The van der Waals surface area contributed by atoms with Crippen LogP contribution in [0.25, 0.3) is 11.0 Å². The van der Waals surface area contributed by atoms with E-state index in [-0.39, 0.29) is 28.9 Å². The van der Waals surface area contributed by atoms with Crippen molar-refractivity contribution in [3.05, 3.63) is 34.9 Å². The molecule has 6 nitrogen and oxygen atoms in total. The van der Waals surface area contributed by atoms with Gasteiger partial charge in [0.2, 0.25) is 0 Å². The third kappa shape index (κ3) is 3.84. The fourth-order valence-corrected chi connectivity index (χ4v) is 2.40. The Balaban J connectivity index is 2.45. The van der Waals surface area contributed by atoms with Crippen LogP contribution >= 0.6 is 0 Å². The average molecular weight is 333 g/mol. The Kier molecular flexibility index (Phi) is 5.11. The van der Waals surface area contributed by atoms with Crippen molar-refractivity contribution in [2.75, 3.05) is 0 Å². The van der Waals surface area contributed by atoms with Crippen LogP contribution in [0.2, 0.25) is 0 Å². The van der Waals surface area contributed by atoms with Crippen LogP contribution < -0.4 is 5.32 Å². The van der Waals surface area contributed by atoms with Gasteiger partial charge in [-0.15, -0.1) is 0 Å². The number of halogens is 1. The van der Waals surface area contributed by atoms with Gasteiger partial charge in [0.25, 0.3) is 5.91 Å². The van der Waals surface area contributed by atoms with Gasteiger partial charge in [0.05, 0.1) is 22.5 Å². The molecule has 0 aliphatic rings. The molecule has 0 fully saturated rings. The van der Waals surface area contributed by atoms with E-state index in [4.69, 9.17) is 0 Å². The Morgan fingerprint density at radius 1 is 1.21 bits per heavy atom. The van der Waals surface area contributed by atoms with Gasteiger partial charge in [-0.2, -0.15) is 0 Å². The van der Waals surface area contributed by atoms with Gasteiger partial charge in [-0.25, -0.2) is 19.2 Å². The maximum absolute atomic E-state index is 13.8. The topological polar surface area (TPSA) is 92.2 Å². The van der Waals surface area contributed by atoms with Crippen molar-refractivity contribution in [1.82, 2.24) is 15.3 Å². The number of benzene rings is 1. The molecule has 1 amide bonds. The monoisotopic (exact) mass is 333 g/mol. The third-order valence-electron chi connectivity index (χ3n) is 3.70. The second kappa shape index (κ2) is 6.90. The quantitative estimate of drug-likeness (QED) is 0.877. The fraction of sp³-hybridized carbons (Fsp3) is 0.412. The highest BCUT2D eigenvalue weighted by atomic mass is 19.1. The zero-order valence-corrected chi connectivity index (χ0v) is 14.1. The van der Waals surface area contributed by atoms with Crippen molar-refractivity contribution in [2.24, 2.45) is 5.92 Å². The van der Waals surface area contributed by atoms with Crippen LogP contribution in [0.5, 0.6) is 0 Å². The second-order valence-electron chi connectivity index (χ2n) is 6.21. The van der Waals surface area contributed by atoms with Crippen molar-refractivity contribution in [3.63, 3.8) is 0 Å². The maximum Gasteiger partial charge on any atom is 0.326 e. The van der Waals surface area contributed by atoms with Crippen LogP contribution in [0.4, 0.5) is 4.39 Å². The van der Waals surface area contributed by atoms with Gasteiger partial charge in [-0.05, 0) is 32.3 Å². The summed E-state index contributed by atoms with van der Waals surface area (Å²) in [6.45, 7) is 7.20. The number of nitrogens with zero attached hydrogens (tertiary/aromatic N) is 2. The standard InChI is InChI=1S/C17H20FN3O3/c1-8(2)5-14(17(23)24)21-16(22)12-6-11(18)7-13-15(12)20-10(4)9(3)19-13/h6-8,14H,5H2,1-4H3,(H,21,22)(H,23,24)/t14-/m1/s1. The lowest BCUT2D eigenvalue weighted by atomic mass is 10.0. The zero-order valence-electron chi connectivity index (χ0n) is 14.1. The number of amides is 1. The number of nitrogens with one attached hydrogen (secondary N) is 1. The van der Waals surface area contributed by atoms with Gasteiger partial charge in [0, 0.05) is 6.07 Å². The Labute approximate surface area is 139 Å². The van der Waals surface area contributed by atoms with Crippen molar-refractivity contribution < 1.29 is 19.1 Å². The van der Waals surface area contributed by atoms with Crippen LogP contribution in [-0.2, 0) is 4.79 Å². The number of carbonyl (C=O) groups is 2. The molecule has 1 aromatic heterocycles. The van der Waals surface area contributed by atoms with E-state index in [0.717, 1.165) is 6.07 Å². The third-order valence-corrected chi connectivity index (χ3v) is 3.70. The van der Waals surface area contributed by atoms with E-state index in [1.165, 1.54) is 6.07 Å². The Hall–Kier alpha value is -2.57. The summed E-state index contributed by atoms with van der Waals surface area (Å²) in [5.74, 6) is -2.35. The van der Waals surface area contributed by atoms with Gasteiger partial charge in [-0.3, -0.25) is 4.79 Å². The fourth-order valence-electron chi connectivity index (χ4n) is 2.40. The van der Waals surface area contributed by atoms with Crippen molar-refractivity contribution >= 4 is 22.9 Å². The van der Waals surface area contributed by atoms with E-state index in [1.54, 1.807) is 13.8 Å². The predicted molar refractivity (Wildman–Crippen MR) is 87.3 cm³/mol. The first-order valence-electron chi connectivity index (χ1n) is 7.67. The van der Waals surface area contributed by atoms with E-state index in [0.29, 0.717) is 11.4 Å². The number of hydrogen-bond acceptors (Lipinski definition) is 4. The molecule has 7 heteroatoms. The molecule has 0 saturated heterocycles. The van der Waals surface area contributed by atoms with Crippen molar-refractivity contribution in [3.8, 4) is 0 Å². The number of carboxylic acid groups (broad SMARTS) is 1. The molecule has 2 N–H and O–H groups in total. The minimum absolute atomic E-state index is 0.0180. The molecule has 1 aromatic carbocycles. The molecule has 128 valence electrons. The first kappa shape index (κ1) is 17.8. The molecule has 0 saturated carbocycles. The molecule has 0 radical (unpaired) electrons. The molecule has 0 aliphatic carbocycles. The van der Waals surface area contributed by atoms with Gasteiger partial charge < -0.3 is 10.4 Å². The minimum atomic E-state index is -1.13. The van der Waals surface area contributed by atoms with Crippen LogP contribution in [0.3, 0.4) is 0 Å². The first-order valence-corrected chi connectivity index (χ1v) is 7.67. The number of carbonyl (C=O) groups excluding carboxylic acids is 1. The first-order chi connectivity index (χ1) is 11.2. The lowest BCUT2D eigenvalue weighted by Crippen LogP contribution is -2.41. The summed E-state index contributed by atoms with van der Waals surface area (Å²) in [5, 5.41) is 11.7. The van der Waals surface area contributed by atoms with Gasteiger partial charge >= 0.3 is 5.97 Å². The molecule has 2 aromatic rings. The Bertz CT molecular complexity index is 805. The van der Waals surface area contributed by atoms with Crippen LogP contribution in [0, 0.1) is 25.6 Å². The van der Waals surface area contributed by atoms with Crippen molar-refractivity contribution in [2.45, 2.75) is 40.2 Å². The Morgan fingerprint density at radius 3 is 2.42 bits per heavy atom. The normalized spacial score (nSPS) is 12.4. The number of aryl methyl sites for hydroxylation is 2. The van der Waals surface area contributed by atoms with Gasteiger partial charge in [0.15, 0.2) is 0 Å². The van der Waals surface area contributed by atoms with E-state index in [9.17, 15) is 19.1 Å². The number of aliphatic carboxylic acids is 1. The molecule has 0 bridgehead atoms. The summed E-state index contributed by atoms with van der Waals surface area (Å²) in [6, 6.07) is 1.21. The van der Waals surface area contributed by atoms with E-state index in [1.807, 2.05) is 13.8 Å². The maximum atomic E-state index is 13.8. The van der Waals surface area contributed by atoms with Gasteiger partial charge in [0.1, 0.15) is 17.4 Å². The molecule has 0 aliphatic heterocycles. The average Bonchev–Trinajstić information content (AvgIpc) is 2.46. The summed E-state index contributed by atoms with van der Waals surface area (Å²) in [6.07, 6.45) is 0.276. The molecule has 2 rings (SSSR count). The summed E-state index contributed by atoms with van der Waals surface area (Å²) >= 11 is 0.